The molecule has 0 spiro atoms. The molecule has 0 aliphatic rings. The fourth-order valence-corrected chi connectivity index (χ4v) is 1.80. The van der Waals surface area contributed by atoms with Crippen LogP contribution in [-0.4, -0.2) is 16.6 Å². The van der Waals surface area contributed by atoms with Gasteiger partial charge in [-0.2, -0.15) is 0 Å². The predicted molar refractivity (Wildman–Crippen MR) is 87.1 cm³/mol. The van der Waals surface area contributed by atoms with Gasteiger partial charge < -0.3 is 10.5 Å². The summed E-state index contributed by atoms with van der Waals surface area (Å²) in [6.45, 7) is 6.02. The highest BCUT2D eigenvalue weighted by Crippen LogP contribution is 2.13. The first kappa shape index (κ1) is 15.8. The third-order valence-electron chi connectivity index (χ3n) is 3.18. The lowest BCUT2D eigenvalue weighted by atomic mass is 10.2. The van der Waals surface area contributed by atoms with Gasteiger partial charge in [0.1, 0.15) is 6.61 Å². The molecule has 0 bridgehead atoms. The number of nitrogens with zero attached hydrogens (tertiary/aromatic N) is 3. The zero-order valence-electron chi connectivity index (χ0n) is 13.1. The second kappa shape index (κ2) is 6.91. The summed E-state index contributed by atoms with van der Waals surface area (Å²) in [5.41, 5.74) is 10.3. The first-order valence-electron chi connectivity index (χ1n) is 6.95. The highest BCUT2D eigenvalue weighted by Gasteiger charge is 2.03. The van der Waals surface area contributed by atoms with Crippen LogP contribution in [0.25, 0.3) is 0 Å². The molecule has 4 N–H and O–H groups in total. The average Bonchev–Trinajstić information content (AvgIpc) is 2.48. The molecule has 22 heavy (non-hydrogen) atoms. The van der Waals surface area contributed by atoms with E-state index < -0.39 is 0 Å². The van der Waals surface area contributed by atoms with Crippen LogP contribution in [0.4, 0.5) is 5.69 Å². The maximum atomic E-state index is 5.97. The van der Waals surface area contributed by atoms with Crippen molar-refractivity contribution in [2.45, 2.75) is 20.8 Å². The molecule has 0 atom stereocenters. The van der Waals surface area contributed by atoms with E-state index in [1.165, 1.54) is 5.01 Å². The molecule has 0 saturated heterocycles. The summed E-state index contributed by atoms with van der Waals surface area (Å²) in [4.78, 5) is 8.33. The Morgan fingerprint density at radius 2 is 2.09 bits per heavy atom. The maximum Gasteiger partial charge on any atom is 0.316 e. The van der Waals surface area contributed by atoms with Crippen molar-refractivity contribution in [3.8, 4) is 6.01 Å². The summed E-state index contributed by atoms with van der Waals surface area (Å²) in [6, 6.07) is 8.12. The number of rotatable bonds is 5. The molecule has 0 unspecified atom stereocenters. The van der Waals surface area contributed by atoms with Crippen LogP contribution in [0.2, 0.25) is 0 Å². The van der Waals surface area contributed by atoms with Crippen molar-refractivity contribution in [2.75, 3.05) is 11.6 Å². The Kier molecular flexibility index (Phi) is 4.95. The van der Waals surface area contributed by atoms with Gasteiger partial charge in [0.05, 0.1) is 11.4 Å². The van der Waals surface area contributed by atoms with E-state index in [9.17, 15) is 0 Å². The van der Waals surface area contributed by atoms with Crippen molar-refractivity contribution in [3.05, 3.63) is 59.2 Å². The van der Waals surface area contributed by atoms with Gasteiger partial charge in [0.25, 0.3) is 0 Å². The summed E-state index contributed by atoms with van der Waals surface area (Å²) in [6.07, 6.45) is 3.34. The molecule has 6 heteroatoms. The highest BCUT2D eigenvalue weighted by molar-refractivity contribution is 5.49. The lowest BCUT2D eigenvalue weighted by Crippen LogP contribution is -2.27. The molecule has 116 valence electrons. The minimum absolute atomic E-state index is 0.169. The van der Waals surface area contributed by atoms with E-state index in [-0.39, 0.29) is 6.61 Å². The average molecular weight is 299 g/mol. The quantitative estimate of drug-likeness (QED) is 0.648. The van der Waals surface area contributed by atoms with E-state index in [1.807, 2.05) is 45.0 Å². The summed E-state index contributed by atoms with van der Waals surface area (Å²) in [5.74, 6) is 5.97. The number of hydrazine groups is 1. The van der Waals surface area contributed by atoms with Gasteiger partial charge in [0.2, 0.25) is 0 Å². The zero-order chi connectivity index (χ0) is 16.1. The Labute approximate surface area is 130 Å². The van der Waals surface area contributed by atoms with E-state index >= 15 is 0 Å². The fraction of sp³-hybridized carbons (Fsp3) is 0.250. The number of benzene rings is 1. The van der Waals surface area contributed by atoms with Crippen LogP contribution >= 0.6 is 0 Å². The minimum Gasteiger partial charge on any atom is -0.457 e. The molecule has 0 radical (unpaired) electrons. The van der Waals surface area contributed by atoms with Crippen LogP contribution in [0.1, 0.15) is 16.8 Å². The van der Waals surface area contributed by atoms with Crippen LogP contribution < -0.4 is 21.3 Å². The largest absolute Gasteiger partial charge is 0.457 e. The SMILES string of the molecule is Cc1cccc(N(N)/C=C(\N)COc2ncc(C)c(C)n2)c1. The van der Waals surface area contributed by atoms with Gasteiger partial charge in [-0.3, -0.25) is 5.01 Å². The monoisotopic (exact) mass is 299 g/mol. The summed E-state index contributed by atoms with van der Waals surface area (Å²) >= 11 is 0. The van der Waals surface area contributed by atoms with Crippen LogP contribution in [-0.2, 0) is 0 Å². The normalized spacial score (nSPS) is 11.4. The molecular weight excluding hydrogens is 278 g/mol. The summed E-state index contributed by atoms with van der Waals surface area (Å²) in [5, 5.41) is 1.47. The van der Waals surface area contributed by atoms with Crippen LogP contribution in [0.5, 0.6) is 6.01 Å². The number of aromatic nitrogens is 2. The number of nitrogens with two attached hydrogens (primary N) is 2. The number of hydrogen-bond donors (Lipinski definition) is 2. The third-order valence-corrected chi connectivity index (χ3v) is 3.18. The molecule has 0 aliphatic carbocycles. The van der Waals surface area contributed by atoms with E-state index in [2.05, 4.69) is 9.97 Å². The molecule has 6 nitrogen and oxygen atoms in total. The molecule has 1 aromatic carbocycles. The Morgan fingerprint density at radius 3 is 2.77 bits per heavy atom. The fourth-order valence-electron chi connectivity index (χ4n) is 1.80. The van der Waals surface area contributed by atoms with Crippen molar-refractivity contribution in [1.29, 1.82) is 0 Å². The van der Waals surface area contributed by atoms with Gasteiger partial charge in [-0.1, -0.05) is 12.1 Å². The Balaban J connectivity index is 1.98. The van der Waals surface area contributed by atoms with Gasteiger partial charge in [-0.05, 0) is 44.0 Å². The number of hydrogen-bond acceptors (Lipinski definition) is 6. The molecule has 0 fully saturated rings. The van der Waals surface area contributed by atoms with Crippen LogP contribution in [0, 0.1) is 20.8 Å². The topological polar surface area (TPSA) is 90.3 Å². The summed E-state index contributed by atoms with van der Waals surface area (Å²) < 4.78 is 5.47. The Bertz CT molecular complexity index is 684. The van der Waals surface area contributed by atoms with Gasteiger partial charge in [0, 0.05) is 18.1 Å². The van der Waals surface area contributed by atoms with Crippen LogP contribution in [0.3, 0.4) is 0 Å². The van der Waals surface area contributed by atoms with Gasteiger partial charge in [-0.15, -0.1) is 0 Å². The van der Waals surface area contributed by atoms with Gasteiger partial charge in [-0.25, -0.2) is 15.8 Å². The number of anilines is 1. The molecule has 1 heterocycles. The number of ether oxygens (including phenoxy) is 1. The first-order chi connectivity index (χ1) is 10.5. The van der Waals surface area contributed by atoms with Crippen molar-refractivity contribution in [3.63, 3.8) is 0 Å². The van der Waals surface area contributed by atoms with Crippen molar-refractivity contribution in [2.24, 2.45) is 11.6 Å². The number of aryl methyl sites for hydroxylation is 3. The molecule has 2 rings (SSSR count). The van der Waals surface area contributed by atoms with Gasteiger partial charge >= 0.3 is 6.01 Å². The van der Waals surface area contributed by atoms with E-state index in [0.717, 1.165) is 22.5 Å². The zero-order valence-corrected chi connectivity index (χ0v) is 13.1. The van der Waals surface area contributed by atoms with Crippen LogP contribution in [0.15, 0.2) is 42.4 Å². The first-order valence-corrected chi connectivity index (χ1v) is 6.95. The smallest absolute Gasteiger partial charge is 0.316 e. The van der Waals surface area contributed by atoms with E-state index in [0.29, 0.717) is 11.7 Å². The van der Waals surface area contributed by atoms with Crippen molar-refractivity contribution < 1.29 is 4.74 Å². The van der Waals surface area contributed by atoms with E-state index in [4.69, 9.17) is 16.3 Å². The molecule has 0 saturated carbocycles. The maximum absolute atomic E-state index is 5.97. The van der Waals surface area contributed by atoms with Crippen molar-refractivity contribution >= 4 is 5.69 Å². The second-order valence-electron chi connectivity index (χ2n) is 5.16. The van der Waals surface area contributed by atoms with E-state index in [1.54, 1.807) is 12.4 Å². The standard InChI is InChI=1S/C16H21N5O/c1-11-5-4-6-15(7-11)21(18)9-14(17)10-22-16-19-8-12(2)13(3)20-16/h4-9H,10,17-18H2,1-3H3/b14-9-. The molecule has 1 aromatic heterocycles. The highest BCUT2D eigenvalue weighted by atomic mass is 16.5. The second-order valence-corrected chi connectivity index (χ2v) is 5.16. The summed E-state index contributed by atoms with van der Waals surface area (Å²) in [7, 11) is 0. The van der Waals surface area contributed by atoms with Crippen molar-refractivity contribution in [1.82, 2.24) is 9.97 Å². The molecule has 0 aliphatic heterocycles. The minimum atomic E-state index is 0.169. The predicted octanol–water partition coefficient (Wildman–Crippen LogP) is 1.96. The third kappa shape index (κ3) is 4.20. The molecule has 2 aromatic rings. The molecule has 0 amide bonds. The Hall–Kier alpha value is -2.60. The lowest BCUT2D eigenvalue weighted by molar-refractivity contribution is 0.320. The molecular formula is C16H21N5O. The van der Waals surface area contributed by atoms with Gasteiger partial charge in [0.15, 0.2) is 0 Å². The Morgan fingerprint density at radius 1 is 1.32 bits per heavy atom. The lowest BCUT2D eigenvalue weighted by Gasteiger charge is -2.15.